The fraction of sp³-hybridized carbons (Fsp3) is 0.533. The number of hydrogen-bond donors (Lipinski definition) is 3. The van der Waals surface area contributed by atoms with Crippen molar-refractivity contribution in [3.05, 3.63) is 35.9 Å². The SMILES string of the molecule is COCC1C[C@@H](OC(=O)c2ccccc2)[C@H](O)C(O)C1O. The van der Waals surface area contributed by atoms with Crippen molar-refractivity contribution in [1.29, 1.82) is 0 Å². The zero-order valence-electron chi connectivity index (χ0n) is 11.8. The Kier molecular flexibility index (Phi) is 5.30. The molecule has 2 rings (SSSR count). The number of aliphatic hydroxyl groups excluding tert-OH is 3. The van der Waals surface area contributed by atoms with Crippen molar-refractivity contribution in [3.8, 4) is 0 Å². The fourth-order valence-electron chi connectivity index (χ4n) is 2.56. The molecule has 0 aliphatic heterocycles. The highest BCUT2D eigenvalue weighted by molar-refractivity contribution is 5.89. The molecule has 1 fully saturated rings. The maximum Gasteiger partial charge on any atom is 0.338 e. The minimum Gasteiger partial charge on any atom is -0.456 e. The molecule has 3 unspecified atom stereocenters. The number of carbonyl (C=O) groups excluding carboxylic acids is 1. The number of hydrogen-bond acceptors (Lipinski definition) is 6. The van der Waals surface area contributed by atoms with E-state index < -0.39 is 36.3 Å². The van der Waals surface area contributed by atoms with Gasteiger partial charge in [0.25, 0.3) is 0 Å². The summed E-state index contributed by atoms with van der Waals surface area (Å²) in [5.74, 6) is -0.971. The molecule has 0 spiro atoms. The molecule has 21 heavy (non-hydrogen) atoms. The summed E-state index contributed by atoms with van der Waals surface area (Å²) in [4.78, 5) is 12.0. The molecule has 1 aliphatic rings. The second-order valence-corrected chi connectivity index (χ2v) is 5.23. The summed E-state index contributed by atoms with van der Waals surface area (Å²) >= 11 is 0. The smallest absolute Gasteiger partial charge is 0.338 e. The largest absolute Gasteiger partial charge is 0.456 e. The van der Waals surface area contributed by atoms with Gasteiger partial charge in [0.2, 0.25) is 0 Å². The molecule has 1 saturated carbocycles. The number of carbonyl (C=O) groups is 1. The van der Waals surface area contributed by atoms with E-state index in [1.54, 1.807) is 30.3 Å². The van der Waals surface area contributed by atoms with E-state index in [4.69, 9.17) is 9.47 Å². The molecule has 0 amide bonds. The first-order chi connectivity index (χ1) is 10.0. The Morgan fingerprint density at radius 2 is 1.81 bits per heavy atom. The molecule has 1 aromatic carbocycles. The Labute approximate surface area is 122 Å². The van der Waals surface area contributed by atoms with E-state index in [-0.39, 0.29) is 13.0 Å². The van der Waals surface area contributed by atoms with Crippen LogP contribution in [0.25, 0.3) is 0 Å². The van der Waals surface area contributed by atoms with Gasteiger partial charge in [-0.1, -0.05) is 18.2 Å². The molecular weight excluding hydrogens is 276 g/mol. The van der Waals surface area contributed by atoms with E-state index in [0.29, 0.717) is 5.56 Å². The maximum atomic E-state index is 12.0. The van der Waals surface area contributed by atoms with Crippen LogP contribution in [-0.2, 0) is 9.47 Å². The van der Waals surface area contributed by atoms with Gasteiger partial charge in [-0.25, -0.2) is 4.79 Å². The molecule has 3 N–H and O–H groups in total. The minimum atomic E-state index is -1.37. The van der Waals surface area contributed by atoms with E-state index in [0.717, 1.165) is 0 Å². The van der Waals surface area contributed by atoms with E-state index in [2.05, 4.69) is 0 Å². The van der Waals surface area contributed by atoms with Crippen LogP contribution < -0.4 is 0 Å². The van der Waals surface area contributed by atoms with Crippen molar-refractivity contribution in [2.75, 3.05) is 13.7 Å². The first-order valence-corrected chi connectivity index (χ1v) is 6.83. The van der Waals surface area contributed by atoms with E-state index in [1.807, 2.05) is 0 Å². The molecule has 0 radical (unpaired) electrons. The molecule has 1 aliphatic carbocycles. The van der Waals surface area contributed by atoms with Gasteiger partial charge in [-0.05, 0) is 18.6 Å². The first-order valence-electron chi connectivity index (χ1n) is 6.83. The lowest BCUT2D eigenvalue weighted by Crippen LogP contribution is -2.55. The third-order valence-corrected chi connectivity index (χ3v) is 3.75. The van der Waals surface area contributed by atoms with E-state index >= 15 is 0 Å². The van der Waals surface area contributed by atoms with Crippen molar-refractivity contribution in [3.63, 3.8) is 0 Å². The second-order valence-electron chi connectivity index (χ2n) is 5.23. The second kappa shape index (κ2) is 7.00. The zero-order chi connectivity index (χ0) is 15.4. The molecule has 6 heteroatoms. The van der Waals surface area contributed by atoms with Crippen molar-refractivity contribution >= 4 is 5.97 Å². The Morgan fingerprint density at radius 3 is 2.43 bits per heavy atom. The van der Waals surface area contributed by atoms with Gasteiger partial charge < -0.3 is 24.8 Å². The van der Waals surface area contributed by atoms with E-state index in [9.17, 15) is 20.1 Å². The number of ether oxygens (including phenoxy) is 2. The van der Waals surface area contributed by atoms with Crippen LogP contribution in [0.3, 0.4) is 0 Å². The monoisotopic (exact) mass is 296 g/mol. The fourth-order valence-corrected chi connectivity index (χ4v) is 2.56. The standard InChI is InChI=1S/C15H20O6/c1-20-8-10-7-11(13(17)14(18)12(10)16)21-15(19)9-5-3-2-4-6-9/h2-6,10-14,16-18H,7-8H2,1H3/t10?,11-,12?,13+,14?/m1/s1. The molecule has 1 aromatic rings. The number of rotatable bonds is 4. The summed E-state index contributed by atoms with van der Waals surface area (Å²) in [5.41, 5.74) is 0.369. The van der Waals surface area contributed by atoms with Gasteiger partial charge in [0.1, 0.15) is 18.3 Å². The van der Waals surface area contributed by atoms with Crippen LogP contribution in [0.1, 0.15) is 16.8 Å². The Bertz CT molecular complexity index is 462. The molecule has 0 saturated heterocycles. The zero-order valence-corrected chi connectivity index (χ0v) is 11.8. The van der Waals surface area contributed by atoms with Crippen molar-refractivity contribution < 1.29 is 29.6 Å². The van der Waals surface area contributed by atoms with Crippen molar-refractivity contribution in [1.82, 2.24) is 0 Å². The molecule has 0 heterocycles. The van der Waals surface area contributed by atoms with Crippen LogP contribution in [-0.4, -0.2) is 59.4 Å². The summed E-state index contributed by atoms with van der Waals surface area (Å²) in [6, 6.07) is 8.41. The Morgan fingerprint density at radius 1 is 1.14 bits per heavy atom. The predicted octanol–water partition coefficient (Wildman–Crippen LogP) is -0.0390. The predicted molar refractivity (Wildman–Crippen MR) is 73.6 cm³/mol. The average Bonchev–Trinajstić information content (AvgIpc) is 2.51. The summed E-state index contributed by atoms with van der Waals surface area (Å²) in [6.45, 7) is 0.213. The molecule has 0 bridgehead atoms. The summed E-state index contributed by atoms with van der Waals surface area (Å²) < 4.78 is 10.2. The van der Waals surface area contributed by atoms with Crippen LogP contribution in [0.4, 0.5) is 0 Å². The lowest BCUT2D eigenvalue weighted by Gasteiger charge is -2.39. The highest BCUT2D eigenvalue weighted by Crippen LogP contribution is 2.28. The lowest BCUT2D eigenvalue weighted by atomic mass is 9.81. The number of aliphatic hydroxyl groups is 3. The Balaban J connectivity index is 2.06. The normalized spacial score (nSPS) is 32.7. The number of methoxy groups -OCH3 is 1. The molecule has 5 atom stereocenters. The van der Waals surface area contributed by atoms with Crippen molar-refractivity contribution in [2.45, 2.75) is 30.8 Å². The quantitative estimate of drug-likeness (QED) is 0.675. The summed E-state index contributed by atoms with van der Waals surface area (Å²) in [5, 5.41) is 29.7. The van der Waals surface area contributed by atoms with Crippen molar-refractivity contribution in [2.24, 2.45) is 5.92 Å². The minimum absolute atomic E-state index is 0.213. The van der Waals surface area contributed by atoms with Crippen LogP contribution in [0, 0.1) is 5.92 Å². The maximum absolute atomic E-state index is 12.0. The van der Waals surface area contributed by atoms with Gasteiger partial charge in [0.05, 0.1) is 18.3 Å². The molecule has 116 valence electrons. The van der Waals surface area contributed by atoms with Gasteiger partial charge in [-0.3, -0.25) is 0 Å². The van der Waals surface area contributed by atoms with Crippen LogP contribution in [0.2, 0.25) is 0 Å². The highest BCUT2D eigenvalue weighted by Gasteiger charge is 2.44. The summed E-state index contributed by atoms with van der Waals surface area (Å²) in [7, 11) is 1.48. The van der Waals surface area contributed by atoms with Gasteiger partial charge in [0.15, 0.2) is 0 Å². The molecule has 0 aromatic heterocycles. The first kappa shape index (κ1) is 15.9. The lowest BCUT2D eigenvalue weighted by molar-refractivity contribution is -0.166. The van der Waals surface area contributed by atoms with Gasteiger partial charge in [-0.2, -0.15) is 0 Å². The third-order valence-electron chi connectivity index (χ3n) is 3.75. The number of benzene rings is 1. The molecule has 6 nitrogen and oxygen atoms in total. The van der Waals surface area contributed by atoms with Crippen LogP contribution in [0.15, 0.2) is 30.3 Å². The summed E-state index contributed by atoms with van der Waals surface area (Å²) in [6.07, 6.45) is -4.44. The van der Waals surface area contributed by atoms with Gasteiger partial charge >= 0.3 is 5.97 Å². The Hall–Kier alpha value is -1.47. The van der Waals surface area contributed by atoms with Crippen LogP contribution in [0.5, 0.6) is 0 Å². The topological polar surface area (TPSA) is 96.2 Å². The average molecular weight is 296 g/mol. The van der Waals surface area contributed by atoms with Gasteiger partial charge in [0, 0.05) is 13.0 Å². The van der Waals surface area contributed by atoms with Gasteiger partial charge in [-0.15, -0.1) is 0 Å². The van der Waals surface area contributed by atoms with E-state index in [1.165, 1.54) is 7.11 Å². The van der Waals surface area contributed by atoms with Crippen LogP contribution >= 0.6 is 0 Å². The highest BCUT2D eigenvalue weighted by atomic mass is 16.6. The number of esters is 1. The molecular formula is C15H20O6. The third kappa shape index (κ3) is 3.59.